The molecule has 1 N–H and O–H groups in total. The van der Waals surface area contributed by atoms with Gasteiger partial charge in [0.15, 0.2) is 0 Å². The standard InChI is InChI=1S/C21H21Cl2N3O/c1-15(27)25-21-20(19-5-3-2-4-17(19)14-24-21)16-6-8-18(9-7-16)26(12-10-22)13-11-23/h2-9,14H,10-13H2,1H3,(H,24,25,27). The Balaban J connectivity index is 2.07. The van der Waals surface area contributed by atoms with Crippen LogP contribution in [0.1, 0.15) is 6.92 Å². The molecule has 1 aromatic heterocycles. The Morgan fingerprint density at radius 2 is 1.70 bits per heavy atom. The number of carbonyl (C=O) groups excluding carboxylic acids is 1. The first-order valence-electron chi connectivity index (χ1n) is 8.76. The number of carbonyl (C=O) groups is 1. The number of pyridine rings is 1. The van der Waals surface area contributed by atoms with Crippen LogP contribution in [-0.2, 0) is 4.79 Å². The number of aromatic nitrogens is 1. The summed E-state index contributed by atoms with van der Waals surface area (Å²) < 4.78 is 0. The van der Waals surface area contributed by atoms with Crippen molar-refractivity contribution in [2.45, 2.75) is 6.92 Å². The van der Waals surface area contributed by atoms with E-state index in [1.807, 2.05) is 48.5 Å². The maximum atomic E-state index is 11.6. The Morgan fingerprint density at radius 3 is 2.33 bits per heavy atom. The van der Waals surface area contributed by atoms with E-state index in [1.54, 1.807) is 6.20 Å². The average Bonchev–Trinajstić information content (AvgIpc) is 2.67. The summed E-state index contributed by atoms with van der Waals surface area (Å²) in [7, 11) is 0. The van der Waals surface area contributed by atoms with Crippen LogP contribution in [0.3, 0.4) is 0 Å². The summed E-state index contributed by atoms with van der Waals surface area (Å²) >= 11 is 11.8. The molecule has 2 aromatic carbocycles. The Labute approximate surface area is 169 Å². The molecule has 0 aliphatic carbocycles. The lowest BCUT2D eigenvalue weighted by atomic mass is 9.99. The van der Waals surface area contributed by atoms with Crippen LogP contribution in [-0.4, -0.2) is 35.7 Å². The highest BCUT2D eigenvalue weighted by Crippen LogP contribution is 2.35. The van der Waals surface area contributed by atoms with E-state index in [0.717, 1.165) is 40.7 Å². The third-order valence-corrected chi connectivity index (χ3v) is 4.66. The number of fused-ring (bicyclic) bond motifs is 1. The van der Waals surface area contributed by atoms with E-state index >= 15 is 0 Å². The maximum absolute atomic E-state index is 11.6. The predicted molar refractivity (Wildman–Crippen MR) is 115 cm³/mol. The zero-order valence-corrected chi connectivity index (χ0v) is 16.6. The third kappa shape index (κ3) is 4.52. The summed E-state index contributed by atoms with van der Waals surface area (Å²) in [6, 6.07) is 16.2. The van der Waals surface area contributed by atoms with Crippen LogP contribution in [0.25, 0.3) is 21.9 Å². The van der Waals surface area contributed by atoms with Gasteiger partial charge in [0.05, 0.1) is 0 Å². The highest BCUT2D eigenvalue weighted by Gasteiger charge is 2.13. The summed E-state index contributed by atoms with van der Waals surface area (Å²) in [6.07, 6.45) is 1.78. The van der Waals surface area contributed by atoms with Crippen LogP contribution in [0.2, 0.25) is 0 Å². The molecule has 27 heavy (non-hydrogen) atoms. The maximum Gasteiger partial charge on any atom is 0.222 e. The predicted octanol–water partition coefficient (Wildman–Crippen LogP) is 5.14. The number of alkyl halides is 2. The van der Waals surface area contributed by atoms with Crippen LogP contribution in [0, 0.1) is 0 Å². The molecule has 0 atom stereocenters. The van der Waals surface area contributed by atoms with Gasteiger partial charge in [0.2, 0.25) is 5.91 Å². The highest BCUT2D eigenvalue weighted by molar-refractivity contribution is 6.18. The van der Waals surface area contributed by atoms with Crippen LogP contribution >= 0.6 is 23.2 Å². The zero-order valence-electron chi connectivity index (χ0n) is 15.1. The van der Waals surface area contributed by atoms with E-state index in [2.05, 4.69) is 15.2 Å². The minimum Gasteiger partial charge on any atom is -0.369 e. The number of halogens is 2. The van der Waals surface area contributed by atoms with Crippen molar-refractivity contribution in [1.29, 1.82) is 0 Å². The molecule has 4 nitrogen and oxygen atoms in total. The van der Waals surface area contributed by atoms with E-state index in [9.17, 15) is 4.79 Å². The zero-order chi connectivity index (χ0) is 19.2. The van der Waals surface area contributed by atoms with Crippen LogP contribution in [0.4, 0.5) is 11.5 Å². The molecule has 0 aliphatic rings. The molecular weight excluding hydrogens is 381 g/mol. The normalized spacial score (nSPS) is 10.8. The van der Waals surface area contributed by atoms with Crippen LogP contribution in [0.15, 0.2) is 54.7 Å². The van der Waals surface area contributed by atoms with E-state index in [4.69, 9.17) is 23.2 Å². The molecule has 0 saturated heterocycles. The van der Waals surface area contributed by atoms with Crippen molar-refractivity contribution in [1.82, 2.24) is 4.98 Å². The molecule has 3 rings (SSSR count). The quantitative estimate of drug-likeness (QED) is 0.557. The Morgan fingerprint density at radius 1 is 1.04 bits per heavy atom. The second kappa shape index (κ2) is 9.07. The molecule has 0 unspecified atom stereocenters. The first-order valence-corrected chi connectivity index (χ1v) is 9.83. The number of rotatable bonds is 7. The van der Waals surface area contributed by atoms with Crippen molar-refractivity contribution in [3.63, 3.8) is 0 Å². The highest BCUT2D eigenvalue weighted by atomic mass is 35.5. The Kier molecular flexibility index (Phi) is 6.54. The summed E-state index contributed by atoms with van der Waals surface area (Å²) in [5.74, 6) is 1.50. The van der Waals surface area contributed by atoms with Crippen molar-refractivity contribution in [3.8, 4) is 11.1 Å². The molecule has 3 aromatic rings. The van der Waals surface area contributed by atoms with Crippen LogP contribution < -0.4 is 10.2 Å². The third-order valence-electron chi connectivity index (χ3n) is 4.32. The fraction of sp³-hybridized carbons (Fsp3) is 0.238. The van der Waals surface area contributed by atoms with Gasteiger partial charge >= 0.3 is 0 Å². The topological polar surface area (TPSA) is 45.2 Å². The van der Waals surface area contributed by atoms with Gasteiger partial charge in [-0.15, -0.1) is 23.2 Å². The van der Waals surface area contributed by atoms with Gasteiger partial charge in [0.25, 0.3) is 0 Å². The van der Waals surface area contributed by atoms with E-state index < -0.39 is 0 Å². The monoisotopic (exact) mass is 401 g/mol. The molecule has 0 fully saturated rings. The lowest BCUT2D eigenvalue weighted by Gasteiger charge is -2.23. The van der Waals surface area contributed by atoms with Gasteiger partial charge in [-0.25, -0.2) is 4.98 Å². The SMILES string of the molecule is CC(=O)Nc1ncc2ccccc2c1-c1ccc(N(CCCl)CCCl)cc1. The molecular formula is C21H21Cl2N3O. The smallest absolute Gasteiger partial charge is 0.222 e. The van der Waals surface area contributed by atoms with Crippen molar-refractivity contribution >= 4 is 51.4 Å². The molecule has 0 aliphatic heterocycles. The summed E-state index contributed by atoms with van der Waals surface area (Å²) in [5, 5.41) is 4.92. The van der Waals surface area contributed by atoms with Gasteiger partial charge in [0.1, 0.15) is 5.82 Å². The first-order chi connectivity index (χ1) is 13.1. The molecule has 140 valence electrons. The lowest BCUT2D eigenvalue weighted by Crippen LogP contribution is -2.27. The second-order valence-corrected chi connectivity index (χ2v) is 6.92. The van der Waals surface area contributed by atoms with Gasteiger partial charge in [-0.2, -0.15) is 0 Å². The average molecular weight is 402 g/mol. The molecule has 0 spiro atoms. The summed E-state index contributed by atoms with van der Waals surface area (Å²) in [6.45, 7) is 2.96. The van der Waals surface area contributed by atoms with Crippen molar-refractivity contribution in [2.24, 2.45) is 0 Å². The number of nitrogens with zero attached hydrogens (tertiary/aromatic N) is 2. The van der Waals surface area contributed by atoms with Crippen molar-refractivity contribution < 1.29 is 4.79 Å². The number of hydrogen-bond acceptors (Lipinski definition) is 3. The van der Waals surface area contributed by atoms with E-state index in [1.165, 1.54) is 6.92 Å². The fourth-order valence-corrected chi connectivity index (χ4v) is 3.54. The van der Waals surface area contributed by atoms with E-state index in [0.29, 0.717) is 17.6 Å². The molecule has 0 radical (unpaired) electrons. The lowest BCUT2D eigenvalue weighted by molar-refractivity contribution is -0.114. The van der Waals surface area contributed by atoms with Gasteiger partial charge < -0.3 is 10.2 Å². The summed E-state index contributed by atoms with van der Waals surface area (Å²) in [4.78, 5) is 18.3. The number of amides is 1. The van der Waals surface area contributed by atoms with Crippen molar-refractivity contribution in [2.75, 3.05) is 35.1 Å². The minimum absolute atomic E-state index is 0.147. The van der Waals surface area contributed by atoms with Gasteiger partial charge in [-0.1, -0.05) is 36.4 Å². The van der Waals surface area contributed by atoms with Gasteiger partial charge in [-0.05, 0) is 23.1 Å². The number of anilines is 2. The van der Waals surface area contributed by atoms with Crippen molar-refractivity contribution in [3.05, 3.63) is 54.7 Å². The molecule has 1 amide bonds. The Hall–Kier alpha value is -2.30. The van der Waals surface area contributed by atoms with Gasteiger partial charge in [-0.3, -0.25) is 4.79 Å². The largest absolute Gasteiger partial charge is 0.369 e. The summed E-state index contributed by atoms with van der Waals surface area (Å²) in [5.41, 5.74) is 2.97. The van der Waals surface area contributed by atoms with Crippen LogP contribution in [0.5, 0.6) is 0 Å². The Bertz CT molecular complexity index is 922. The van der Waals surface area contributed by atoms with E-state index in [-0.39, 0.29) is 5.91 Å². The second-order valence-electron chi connectivity index (χ2n) is 6.16. The molecule has 6 heteroatoms. The number of nitrogens with one attached hydrogen (secondary N) is 1. The number of hydrogen-bond donors (Lipinski definition) is 1. The molecule has 1 heterocycles. The first kappa shape index (κ1) is 19.5. The number of benzene rings is 2. The molecule has 0 saturated carbocycles. The minimum atomic E-state index is -0.147. The molecule has 0 bridgehead atoms. The van der Waals surface area contributed by atoms with Gasteiger partial charge in [0, 0.05) is 54.6 Å². The fourth-order valence-electron chi connectivity index (χ4n) is 3.13.